The zero-order chi connectivity index (χ0) is 21.7. The predicted octanol–water partition coefficient (Wildman–Crippen LogP) is 3.05. The van der Waals surface area contributed by atoms with Gasteiger partial charge >= 0.3 is 0 Å². The SMILES string of the molecule is C[C@@]1(c2cc(NC(=O)c3ccc(Cl)cn3)ccc2F)CN=C(N)C2(CCC2)S1(=O)=O. The topological polar surface area (TPSA) is 115 Å². The molecule has 2 aromatic rings. The number of amidine groups is 1. The molecule has 0 unspecified atom stereocenters. The summed E-state index contributed by atoms with van der Waals surface area (Å²) in [6.45, 7) is 1.28. The summed E-state index contributed by atoms with van der Waals surface area (Å²) in [5, 5.41) is 3.00. The molecule has 7 nitrogen and oxygen atoms in total. The van der Waals surface area contributed by atoms with E-state index >= 15 is 0 Å². The first-order valence-electron chi connectivity index (χ1n) is 9.38. The summed E-state index contributed by atoms with van der Waals surface area (Å²) < 4.78 is 39.1. The normalized spacial score (nSPS) is 24.0. The van der Waals surface area contributed by atoms with Crippen LogP contribution in [0.3, 0.4) is 0 Å². The number of aromatic nitrogens is 1. The second-order valence-electron chi connectivity index (χ2n) is 7.79. The number of nitrogens with zero attached hydrogens (tertiary/aromatic N) is 2. The van der Waals surface area contributed by atoms with Gasteiger partial charge in [0.05, 0.1) is 11.6 Å². The third kappa shape index (κ3) is 2.91. The lowest BCUT2D eigenvalue weighted by atomic mass is 9.83. The van der Waals surface area contributed by atoms with Crippen LogP contribution in [0.15, 0.2) is 41.5 Å². The molecule has 1 aromatic heterocycles. The zero-order valence-electron chi connectivity index (χ0n) is 16.2. The molecule has 1 fully saturated rings. The number of sulfone groups is 1. The van der Waals surface area contributed by atoms with E-state index in [4.69, 9.17) is 17.3 Å². The molecule has 1 aliphatic carbocycles. The second-order valence-corrected chi connectivity index (χ2v) is 10.9. The van der Waals surface area contributed by atoms with Crippen LogP contribution in [0.1, 0.15) is 42.2 Å². The van der Waals surface area contributed by atoms with E-state index in [0.29, 0.717) is 17.9 Å². The number of hydrogen-bond acceptors (Lipinski definition) is 6. The van der Waals surface area contributed by atoms with Crippen molar-refractivity contribution in [1.29, 1.82) is 0 Å². The number of nitrogens with one attached hydrogen (secondary N) is 1. The Morgan fingerprint density at radius 3 is 2.60 bits per heavy atom. The van der Waals surface area contributed by atoms with Gasteiger partial charge in [-0.15, -0.1) is 0 Å². The van der Waals surface area contributed by atoms with Gasteiger partial charge in [0, 0.05) is 17.4 Å². The lowest BCUT2D eigenvalue weighted by Crippen LogP contribution is -2.64. The average Bonchev–Trinajstić information content (AvgIpc) is 2.66. The third-order valence-corrected chi connectivity index (χ3v) is 9.45. The number of anilines is 1. The van der Waals surface area contributed by atoms with Gasteiger partial charge in [0.25, 0.3) is 5.91 Å². The molecular formula is C20H20ClFN4O3S. The van der Waals surface area contributed by atoms with Crippen LogP contribution in [0.25, 0.3) is 0 Å². The smallest absolute Gasteiger partial charge is 0.274 e. The Hall–Kier alpha value is -2.52. The molecule has 30 heavy (non-hydrogen) atoms. The van der Waals surface area contributed by atoms with E-state index in [1.165, 1.54) is 37.4 Å². The van der Waals surface area contributed by atoms with Gasteiger partial charge < -0.3 is 11.1 Å². The van der Waals surface area contributed by atoms with E-state index < -0.39 is 31.1 Å². The Bertz CT molecular complexity index is 1160. The van der Waals surface area contributed by atoms with Crippen molar-refractivity contribution in [2.24, 2.45) is 10.7 Å². The minimum Gasteiger partial charge on any atom is -0.386 e. The molecule has 0 saturated heterocycles. The quantitative estimate of drug-likeness (QED) is 0.745. The molecule has 1 spiro atoms. The Morgan fingerprint density at radius 1 is 1.27 bits per heavy atom. The summed E-state index contributed by atoms with van der Waals surface area (Å²) in [7, 11) is -3.89. The van der Waals surface area contributed by atoms with Crippen molar-refractivity contribution in [2.45, 2.75) is 35.7 Å². The lowest BCUT2D eigenvalue weighted by molar-refractivity contribution is 0.102. The molecule has 1 atom stereocenters. The highest BCUT2D eigenvalue weighted by atomic mass is 35.5. The maximum atomic E-state index is 14.8. The summed E-state index contributed by atoms with van der Waals surface area (Å²) >= 11 is 5.78. The van der Waals surface area contributed by atoms with Crippen molar-refractivity contribution >= 4 is 38.9 Å². The number of halogens is 2. The van der Waals surface area contributed by atoms with Crippen LogP contribution in [-0.2, 0) is 14.6 Å². The lowest BCUT2D eigenvalue weighted by Gasteiger charge is -2.48. The van der Waals surface area contributed by atoms with Crippen molar-refractivity contribution in [3.8, 4) is 0 Å². The van der Waals surface area contributed by atoms with E-state index in [1.807, 2.05) is 0 Å². The fourth-order valence-electron chi connectivity index (χ4n) is 4.00. The van der Waals surface area contributed by atoms with E-state index in [-0.39, 0.29) is 29.3 Å². The highest BCUT2D eigenvalue weighted by Gasteiger charge is 2.62. The number of carbonyl (C=O) groups is 1. The highest BCUT2D eigenvalue weighted by molar-refractivity contribution is 7.94. The minimum absolute atomic E-state index is 0.0492. The highest BCUT2D eigenvalue weighted by Crippen LogP contribution is 2.51. The van der Waals surface area contributed by atoms with Gasteiger partial charge in [0.2, 0.25) is 0 Å². The molecule has 3 N–H and O–H groups in total. The molecule has 1 amide bonds. The van der Waals surface area contributed by atoms with E-state index in [0.717, 1.165) is 12.5 Å². The molecule has 1 aliphatic heterocycles. The molecule has 2 aliphatic rings. The molecule has 1 aromatic carbocycles. The van der Waals surface area contributed by atoms with Crippen LogP contribution in [0.4, 0.5) is 10.1 Å². The average molecular weight is 451 g/mol. The molecule has 0 radical (unpaired) electrons. The molecule has 4 rings (SSSR count). The third-order valence-electron chi connectivity index (χ3n) is 6.04. The predicted molar refractivity (Wildman–Crippen MR) is 113 cm³/mol. The summed E-state index contributed by atoms with van der Waals surface area (Å²) in [6.07, 6.45) is 2.81. The largest absolute Gasteiger partial charge is 0.386 e. The molecular weight excluding hydrogens is 431 g/mol. The zero-order valence-corrected chi connectivity index (χ0v) is 17.7. The first-order chi connectivity index (χ1) is 14.1. The minimum atomic E-state index is -3.89. The van der Waals surface area contributed by atoms with Gasteiger partial charge in [-0.05, 0) is 56.5 Å². The Morgan fingerprint density at radius 2 is 2.00 bits per heavy atom. The van der Waals surface area contributed by atoms with Crippen molar-refractivity contribution in [1.82, 2.24) is 4.98 Å². The van der Waals surface area contributed by atoms with Crippen molar-refractivity contribution < 1.29 is 17.6 Å². The van der Waals surface area contributed by atoms with Crippen LogP contribution < -0.4 is 11.1 Å². The number of carbonyl (C=O) groups excluding carboxylic acids is 1. The van der Waals surface area contributed by atoms with Gasteiger partial charge in [0.15, 0.2) is 9.84 Å². The van der Waals surface area contributed by atoms with Crippen LogP contribution in [0.2, 0.25) is 5.02 Å². The number of amides is 1. The molecule has 158 valence electrons. The van der Waals surface area contributed by atoms with Gasteiger partial charge in [0.1, 0.15) is 26.8 Å². The molecule has 1 saturated carbocycles. The van der Waals surface area contributed by atoms with Crippen LogP contribution >= 0.6 is 11.6 Å². The van der Waals surface area contributed by atoms with Gasteiger partial charge in [-0.25, -0.2) is 17.8 Å². The summed E-state index contributed by atoms with van der Waals surface area (Å²) in [5.41, 5.74) is 6.28. The number of benzene rings is 1. The van der Waals surface area contributed by atoms with E-state index in [1.54, 1.807) is 0 Å². The van der Waals surface area contributed by atoms with Crippen molar-refractivity contribution in [3.05, 3.63) is 58.6 Å². The number of rotatable bonds is 3. The van der Waals surface area contributed by atoms with Gasteiger partial charge in [-0.1, -0.05) is 11.6 Å². The Labute approximate surface area is 178 Å². The maximum absolute atomic E-state index is 14.8. The molecule has 2 heterocycles. The van der Waals surface area contributed by atoms with Gasteiger partial charge in [-0.3, -0.25) is 9.79 Å². The van der Waals surface area contributed by atoms with E-state index in [2.05, 4.69) is 15.3 Å². The van der Waals surface area contributed by atoms with Crippen molar-refractivity contribution in [2.75, 3.05) is 11.9 Å². The summed E-state index contributed by atoms with van der Waals surface area (Å²) in [4.78, 5) is 20.6. The molecule has 10 heteroatoms. The number of nitrogens with two attached hydrogens (primary N) is 1. The number of pyridine rings is 1. The number of hydrogen-bond donors (Lipinski definition) is 2. The Kier molecular flexibility index (Phi) is 4.85. The standard InChI is InChI=1S/C20H20ClFN4O3S/c1-19(11-25-18(23)20(7-2-8-20)30(19,28)29)14-9-13(4-5-15(14)22)26-17(27)16-6-3-12(21)10-24-16/h3-6,9-10H,2,7-8,11H2,1H3,(H2,23,25)(H,26,27)/t19-/m0/s1. The summed E-state index contributed by atoms with van der Waals surface area (Å²) in [5.74, 6) is -1.11. The monoisotopic (exact) mass is 450 g/mol. The maximum Gasteiger partial charge on any atom is 0.274 e. The van der Waals surface area contributed by atoms with Gasteiger partial charge in [-0.2, -0.15) is 0 Å². The second kappa shape index (κ2) is 7.02. The van der Waals surface area contributed by atoms with Crippen LogP contribution in [-0.4, -0.2) is 36.4 Å². The number of aliphatic imine (C=N–C) groups is 1. The van der Waals surface area contributed by atoms with Crippen LogP contribution in [0, 0.1) is 5.82 Å². The van der Waals surface area contributed by atoms with E-state index in [9.17, 15) is 17.6 Å². The first kappa shape index (κ1) is 20.7. The Balaban J connectivity index is 1.71. The molecule has 0 bridgehead atoms. The van der Waals surface area contributed by atoms with Crippen molar-refractivity contribution in [3.63, 3.8) is 0 Å². The fourth-order valence-corrected chi connectivity index (χ4v) is 6.82. The summed E-state index contributed by atoms with van der Waals surface area (Å²) in [6, 6.07) is 6.81. The first-order valence-corrected chi connectivity index (χ1v) is 11.2. The fraction of sp³-hybridized carbons (Fsp3) is 0.350. The van der Waals surface area contributed by atoms with Crippen LogP contribution in [0.5, 0.6) is 0 Å².